The van der Waals surface area contributed by atoms with Crippen molar-refractivity contribution in [2.45, 2.75) is 26.4 Å². The summed E-state index contributed by atoms with van der Waals surface area (Å²) in [5, 5.41) is 0. The lowest BCUT2D eigenvalue weighted by molar-refractivity contribution is -0.139. The number of esters is 2. The van der Waals surface area contributed by atoms with E-state index in [1.807, 2.05) is 24.3 Å². The molecule has 4 rings (SSSR count). The Kier molecular flexibility index (Phi) is 13.9. The fraction of sp³-hybridized carbons (Fsp3) is 0.389. The molecule has 0 aliphatic carbocycles. The number of ether oxygens (including phenoxy) is 8. The third kappa shape index (κ3) is 12.2. The van der Waals surface area contributed by atoms with Gasteiger partial charge >= 0.3 is 11.9 Å². The lowest BCUT2D eigenvalue weighted by atomic mass is 9.90. The SMILES string of the molecule is C=CC(=O)OCCOCCOc1ccc(C(=O)Oc2ccc(OCc3ccc(OCCCCOCC4(C)COC4)cc3)cc2)cc1. The van der Waals surface area contributed by atoms with Gasteiger partial charge in [0.2, 0.25) is 0 Å². The fourth-order valence-corrected chi connectivity index (χ4v) is 4.23. The number of carbonyl (C=O) groups is 2. The molecule has 0 amide bonds. The van der Waals surface area contributed by atoms with Gasteiger partial charge in [0, 0.05) is 18.1 Å². The number of rotatable bonds is 21. The molecule has 1 heterocycles. The minimum absolute atomic E-state index is 0.150. The summed E-state index contributed by atoms with van der Waals surface area (Å²) in [5.41, 5.74) is 1.59. The van der Waals surface area contributed by atoms with Crippen LogP contribution < -0.4 is 18.9 Å². The van der Waals surface area contributed by atoms with Crippen molar-refractivity contribution < 1.29 is 47.5 Å². The maximum Gasteiger partial charge on any atom is 0.343 e. The molecule has 0 saturated carbocycles. The molecule has 0 aromatic heterocycles. The van der Waals surface area contributed by atoms with Gasteiger partial charge in [-0.1, -0.05) is 25.6 Å². The molecule has 1 fully saturated rings. The highest BCUT2D eigenvalue weighted by Crippen LogP contribution is 2.26. The molecule has 1 aliphatic rings. The van der Waals surface area contributed by atoms with E-state index < -0.39 is 11.9 Å². The minimum atomic E-state index is -0.488. The van der Waals surface area contributed by atoms with Crippen molar-refractivity contribution in [1.29, 1.82) is 0 Å². The topological polar surface area (TPSA) is 108 Å². The molecule has 0 atom stereocenters. The van der Waals surface area contributed by atoms with E-state index >= 15 is 0 Å². The maximum atomic E-state index is 12.6. The Morgan fingerprint density at radius 3 is 1.98 bits per heavy atom. The summed E-state index contributed by atoms with van der Waals surface area (Å²) in [6.45, 7) is 10.7. The Hall–Kier alpha value is -4.38. The zero-order valence-corrected chi connectivity index (χ0v) is 26.3. The van der Waals surface area contributed by atoms with Crippen LogP contribution in [-0.4, -0.2) is 71.4 Å². The van der Waals surface area contributed by atoms with Crippen LogP contribution in [0.1, 0.15) is 35.7 Å². The smallest absolute Gasteiger partial charge is 0.343 e. The molecule has 0 spiro atoms. The second-order valence-corrected chi connectivity index (χ2v) is 11.1. The predicted molar refractivity (Wildman–Crippen MR) is 171 cm³/mol. The summed E-state index contributed by atoms with van der Waals surface area (Å²) < 4.78 is 44.0. The molecule has 0 N–H and O–H groups in total. The van der Waals surface area contributed by atoms with E-state index in [1.54, 1.807) is 48.5 Å². The molecule has 0 unspecified atom stereocenters. The average molecular weight is 635 g/mol. The Bertz CT molecular complexity index is 1350. The van der Waals surface area contributed by atoms with Crippen molar-refractivity contribution in [2.75, 3.05) is 59.5 Å². The van der Waals surface area contributed by atoms with Crippen molar-refractivity contribution in [3.05, 3.63) is 96.6 Å². The van der Waals surface area contributed by atoms with Gasteiger partial charge in [0.1, 0.15) is 42.8 Å². The van der Waals surface area contributed by atoms with Crippen molar-refractivity contribution in [2.24, 2.45) is 5.41 Å². The summed E-state index contributed by atoms with van der Waals surface area (Å²) in [6, 6.07) is 21.4. The van der Waals surface area contributed by atoms with Crippen molar-refractivity contribution in [3.8, 4) is 23.0 Å². The molecule has 10 nitrogen and oxygen atoms in total. The summed E-state index contributed by atoms with van der Waals surface area (Å²) in [5.74, 6) is 1.50. The van der Waals surface area contributed by atoms with Gasteiger partial charge in [-0.15, -0.1) is 0 Å². The van der Waals surface area contributed by atoms with Crippen LogP contribution in [0.2, 0.25) is 0 Å². The number of hydrogen-bond acceptors (Lipinski definition) is 10. The van der Waals surface area contributed by atoms with Gasteiger partial charge in [0.05, 0.1) is 45.2 Å². The van der Waals surface area contributed by atoms with Gasteiger partial charge in [0.25, 0.3) is 0 Å². The lowest BCUT2D eigenvalue weighted by Crippen LogP contribution is -2.43. The van der Waals surface area contributed by atoms with Crippen LogP contribution in [0.25, 0.3) is 0 Å². The molecular formula is C36H42O10. The van der Waals surface area contributed by atoms with Gasteiger partial charge in [0.15, 0.2) is 0 Å². The molecule has 0 bridgehead atoms. The number of hydrogen-bond donors (Lipinski definition) is 0. The highest BCUT2D eigenvalue weighted by atomic mass is 16.6. The van der Waals surface area contributed by atoms with E-state index in [0.29, 0.717) is 49.2 Å². The second kappa shape index (κ2) is 18.6. The van der Waals surface area contributed by atoms with E-state index in [2.05, 4.69) is 13.5 Å². The Labute approximate surface area is 270 Å². The van der Waals surface area contributed by atoms with E-state index in [4.69, 9.17) is 37.9 Å². The van der Waals surface area contributed by atoms with Gasteiger partial charge < -0.3 is 37.9 Å². The monoisotopic (exact) mass is 634 g/mol. The van der Waals surface area contributed by atoms with Gasteiger partial charge in [-0.25, -0.2) is 9.59 Å². The molecular weight excluding hydrogens is 592 g/mol. The molecule has 1 saturated heterocycles. The molecule has 1 aliphatic heterocycles. The fourth-order valence-electron chi connectivity index (χ4n) is 4.23. The Balaban J connectivity index is 1.07. The third-order valence-corrected chi connectivity index (χ3v) is 6.89. The van der Waals surface area contributed by atoms with E-state index in [1.165, 1.54) is 0 Å². The first-order valence-electron chi connectivity index (χ1n) is 15.3. The van der Waals surface area contributed by atoms with E-state index in [-0.39, 0.29) is 18.6 Å². The van der Waals surface area contributed by atoms with Gasteiger partial charge in [-0.05, 0) is 79.1 Å². The van der Waals surface area contributed by atoms with Crippen LogP contribution in [-0.2, 0) is 30.3 Å². The van der Waals surface area contributed by atoms with Crippen LogP contribution in [0, 0.1) is 5.41 Å². The van der Waals surface area contributed by atoms with Crippen molar-refractivity contribution in [1.82, 2.24) is 0 Å². The number of carbonyl (C=O) groups excluding carboxylic acids is 2. The zero-order chi connectivity index (χ0) is 32.5. The van der Waals surface area contributed by atoms with E-state index in [0.717, 1.165) is 56.7 Å². The lowest BCUT2D eigenvalue weighted by Gasteiger charge is -2.37. The first-order chi connectivity index (χ1) is 22.4. The zero-order valence-electron chi connectivity index (χ0n) is 26.3. The van der Waals surface area contributed by atoms with Crippen molar-refractivity contribution in [3.63, 3.8) is 0 Å². The standard InChI is InChI=1S/C36H42O10/c1-3-34(37)44-23-21-39-20-22-43-31-12-8-29(9-13-31)35(38)46-33-16-14-32(15-17-33)45-24-28-6-10-30(11-7-28)42-19-5-4-18-40-25-36(2)26-41-27-36/h3,6-17H,1,4-5,18-27H2,2H3. The van der Waals surface area contributed by atoms with Crippen LogP contribution in [0.15, 0.2) is 85.5 Å². The number of unbranched alkanes of at least 4 members (excludes halogenated alkanes) is 1. The molecule has 3 aromatic rings. The van der Waals surface area contributed by atoms with Gasteiger partial charge in [-0.3, -0.25) is 0 Å². The molecule has 3 aromatic carbocycles. The van der Waals surface area contributed by atoms with Crippen molar-refractivity contribution >= 4 is 11.9 Å². The largest absolute Gasteiger partial charge is 0.494 e. The highest BCUT2D eigenvalue weighted by molar-refractivity contribution is 5.91. The summed E-state index contributed by atoms with van der Waals surface area (Å²) in [6.07, 6.45) is 2.99. The third-order valence-electron chi connectivity index (χ3n) is 6.89. The minimum Gasteiger partial charge on any atom is -0.494 e. The Morgan fingerprint density at radius 2 is 1.30 bits per heavy atom. The summed E-state index contributed by atoms with van der Waals surface area (Å²) in [4.78, 5) is 23.5. The molecule has 10 heteroatoms. The van der Waals surface area contributed by atoms with E-state index in [9.17, 15) is 9.59 Å². The van der Waals surface area contributed by atoms with Crippen LogP contribution in [0.4, 0.5) is 0 Å². The first kappa shape index (κ1) is 34.5. The predicted octanol–water partition coefficient (Wildman–Crippen LogP) is 5.82. The normalized spacial score (nSPS) is 13.2. The second-order valence-electron chi connectivity index (χ2n) is 11.1. The molecule has 246 valence electrons. The summed E-state index contributed by atoms with van der Waals surface area (Å²) in [7, 11) is 0. The van der Waals surface area contributed by atoms with Crippen LogP contribution in [0.3, 0.4) is 0 Å². The van der Waals surface area contributed by atoms with Crippen LogP contribution >= 0.6 is 0 Å². The molecule has 46 heavy (non-hydrogen) atoms. The highest BCUT2D eigenvalue weighted by Gasteiger charge is 2.33. The molecule has 0 radical (unpaired) electrons. The quantitative estimate of drug-likeness (QED) is 0.0616. The average Bonchev–Trinajstić information content (AvgIpc) is 3.07. The Morgan fingerprint density at radius 1 is 0.717 bits per heavy atom. The summed E-state index contributed by atoms with van der Waals surface area (Å²) >= 11 is 0. The van der Waals surface area contributed by atoms with Crippen LogP contribution in [0.5, 0.6) is 23.0 Å². The number of benzene rings is 3. The maximum absolute atomic E-state index is 12.6. The van der Waals surface area contributed by atoms with Gasteiger partial charge in [-0.2, -0.15) is 0 Å². The first-order valence-corrected chi connectivity index (χ1v) is 15.3.